The first-order valence-electron chi connectivity index (χ1n) is 10.00. The van der Waals surface area contributed by atoms with Gasteiger partial charge in [-0.25, -0.2) is 17.7 Å². The molecule has 2 aliphatic heterocycles. The molecular formula is C21H24N4O4S. The Balaban J connectivity index is 1.46. The van der Waals surface area contributed by atoms with Crippen molar-refractivity contribution in [3.8, 4) is 0 Å². The lowest BCUT2D eigenvalue weighted by molar-refractivity contribution is 0.0845. The maximum absolute atomic E-state index is 12.7. The maximum Gasteiger partial charge on any atom is 0.269 e. The van der Waals surface area contributed by atoms with E-state index in [0.717, 1.165) is 28.8 Å². The van der Waals surface area contributed by atoms with Crippen molar-refractivity contribution in [3.05, 3.63) is 53.2 Å². The molecule has 0 spiro atoms. The topological polar surface area (TPSA) is 99.7 Å². The fourth-order valence-corrected chi connectivity index (χ4v) is 5.63. The fourth-order valence-electron chi connectivity index (χ4n) is 3.84. The first-order valence-corrected chi connectivity index (χ1v) is 11.4. The van der Waals surface area contributed by atoms with Crippen LogP contribution in [0.2, 0.25) is 0 Å². The van der Waals surface area contributed by atoms with E-state index in [1.807, 2.05) is 12.1 Å². The molecule has 0 aliphatic carbocycles. The number of nitrogens with one attached hydrogen (secondary N) is 1. The minimum absolute atomic E-state index is 0.0990. The molecule has 0 saturated carbocycles. The predicted molar refractivity (Wildman–Crippen MR) is 112 cm³/mol. The van der Waals surface area contributed by atoms with E-state index < -0.39 is 27.9 Å². The van der Waals surface area contributed by atoms with Gasteiger partial charge in [-0.05, 0) is 56.5 Å². The van der Waals surface area contributed by atoms with E-state index >= 15 is 0 Å². The van der Waals surface area contributed by atoms with Crippen molar-refractivity contribution in [3.63, 3.8) is 0 Å². The summed E-state index contributed by atoms with van der Waals surface area (Å²) in [6.07, 6.45) is 4.09. The van der Waals surface area contributed by atoms with Gasteiger partial charge in [-0.3, -0.25) is 9.59 Å². The summed E-state index contributed by atoms with van der Waals surface area (Å²) in [6.45, 7) is 5.57. The molecule has 1 N–H and O–H groups in total. The summed E-state index contributed by atoms with van der Waals surface area (Å²) >= 11 is 0. The van der Waals surface area contributed by atoms with E-state index in [1.54, 1.807) is 20.0 Å². The van der Waals surface area contributed by atoms with Gasteiger partial charge in [-0.15, -0.1) is 0 Å². The van der Waals surface area contributed by atoms with Crippen molar-refractivity contribution in [2.75, 3.05) is 18.0 Å². The molecule has 0 unspecified atom stereocenters. The zero-order valence-corrected chi connectivity index (χ0v) is 17.8. The summed E-state index contributed by atoms with van der Waals surface area (Å²) in [5.74, 6) is -0.0334. The van der Waals surface area contributed by atoms with Gasteiger partial charge in [0.05, 0.1) is 5.56 Å². The number of carbonyl (C=O) groups excluding carboxylic acids is 2. The predicted octanol–water partition coefficient (Wildman–Crippen LogP) is 2.16. The van der Waals surface area contributed by atoms with Crippen LogP contribution in [0.4, 0.5) is 5.82 Å². The number of hydrogen-bond donors (Lipinski definition) is 1. The Kier molecular flexibility index (Phi) is 5.23. The quantitative estimate of drug-likeness (QED) is 0.784. The van der Waals surface area contributed by atoms with E-state index in [2.05, 4.69) is 15.2 Å². The second kappa shape index (κ2) is 7.71. The van der Waals surface area contributed by atoms with E-state index in [9.17, 15) is 18.0 Å². The summed E-state index contributed by atoms with van der Waals surface area (Å²) in [4.78, 5) is 31.5. The van der Waals surface area contributed by atoms with Gasteiger partial charge in [0.15, 0.2) is 0 Å². The van der Waals surface area contributed by atoms with Gasteiger partial charge in [0.25, 0.3) is 21.8 Å². The van der Waals surface area contributed by atoms with Gasteiger partial charge in [-0.1, -0.05) is 6.07 Å². The van der Waals surface area contributed by atoms with Crippen LogP contribution in [0, 0.1) is 0 Å². The lowest BCUT2D eigenvalue weighted by Gasteiger charge is -2.18. The zero-order valence-electron chi connectivity index (χ0n) is 17.0. The highest BCUT2D eigenvalue weighted by molar-refractivity contribution is 7.90. The number of benzene rings is 1. The molecule has 2 aliphatic rings. The summed E-state index contributed by atoms with van der Waals surface area (Å²) < 4.78 is 26.2. The normalized spacial score (nSPS) is 17.5. The van der Waals surface area contributed by atoms with Crippen LogP contribution in [0.3, 0.4) is 0 Å². The lowest BCUT2D eigenvalue weighted by atomic mass is 10.1. The maximum atomic E-state index is 12.7. The molecule has 0 radical (unpaired) electrons. The van der Waals surface area contributed by atoms with E-state index in [0.29, 0.717) is 0 Å². The van der Waals surface area contributed by atoms with Crippen LogP contribution in [-0.4, -0.2) is 48.7 Å². The van der Waals surface area contributed by atoms with Crippen LogP contribution in [0.25, 0.3) is 0 Å². The monoisotopic (exact) mass is 428 g/mol. The third-order valence-electron chi connectivity index (χ3n) is 5.37. The molecule has 3 heterocycles. The number of fused-ring (bicyclic) bond motifs is 1. The summed E-state index contributed by atoms with van der Waals surface area (Å²) in [7, 11) is -3.94. The highest BCUT2D eigenvalue weighted by Gasteiger charge is 2.42. The molecule has 1 aromatic heterocycles. The van der Waals surface area contributed by atoms with E-state index in [-0.39, 0.29) is 22.6 Å². The SMILES string of the molecule is CC(C)N1C(=O)c2ccc(C(=O)NCc3ccc(N4CCCC4)nc3)cc2S1(=O)=O. The lowest BCUT2D eigenvalue weighted by Crippen LogP contribution is -2.36. The first-order chi connectivity index (χ1) is 14.3. The number of sulfonamides is 1. The van der Waals surface area contributed by atoms with Gasteiger partial charge in [-0.2, -0.15) is 0 Å². The van der Waals surface area contributed by atoms with Crippen molar-refractivity contribution in [2.45, 2.75) is 44.2 Å². The van der Waals surface area contributed by atoms with Crippen LogP contribution < -0.4 is 10.2 Å². The van der Waals surface area contributed by atoms with Crippen molar-refractivity contribution in [1.29, 1.82) is 0 Å². The summed E-state index contributed by atoms with van der Waals surface area (Å²) in [5, 5.41) is 2.78. The standard InChI is InChI=1S/C21H24N4O4S/c1-14(2)25-21(27)17-7-6-16(11-18(17)30(25,28)29)20(26)23-13-15-5-8-19(22-12-15)24-9-3-4-10-24/h5-8,11-12,14H,3-4,9-10,13H2,1-2H3,(H,23,26). The number of hydrogen-bond acceptors (Lipinski definition) is 6. The fraction of sp³-hybridized carbons (Fsp3) is 0.381. The number of anilines is 1. The molecule has 0 atom stereocenters. The van der Waals surface area contributed by atoms with Crippen molar-refractivity contribution >= 4 is 27.7 Å². The molecule has 1 aromatic carbocycles. The molecule has 2 aromatic rings. The zero-order chi connectivity index (χ0) is 21.5. The molecular weight excluding hydrogens is 404 g/mol. The number of aromatic nitrogens is 1. The van der Waals surface area contributed by atoms with Gasteiger partial charge >= 0.3 is 0 Å². The molecule has 2 amide bonds. The van der Waals surface area contributed by atoms with Crippen LogP contribution in [0.1, 0.15) is 53.0 Å². The van der Waals surface area contributed by atoms with Crippen LogP contribution in [0.15, 0.2) is 41.4 Å². The second-order valence-electron chi connectivity index (χ2n) is 7.81. The smallest absolute Gasteiger partial charge is 0.269 e. The van der Waals surface area contributed by atoms with Crippen molar-refractivity contribution in [1.82, 2.24) is 14.6 Å². The van der Waals surface area contributed by atoms with Gasteiger partial charge < -0.3 is 10.2 Å². The molecule has 4 rings (SSSR count). The minimum Gasteiger partial charge on any atom is -0.357 e. The van der Waals surface area contributed by atoms with Gasteiger partial charge in [0.1, 0.15) is 10.7 Å². The minimum atomic E-state index is -3.94. The number of rotatable bonds is 5. The van der Waals surface area contributed by atoms with E-state index in [1.165, 1.54) is 31.0 Å². The first kappa shape index (κ1) is 20.3. The van der Waals surface area contributed by atoms with E-state index in [4.69, 9.17) is 0 Å². The number of carbonyl (C=O) groups is 2. The molecule has 1 fully saturated rings. The Morgan fingerprint density at radius 3 is 2.53 bits per heavy atom. The Bertz CT molecular complexity index is 1090. The highest BCUT2D eigenvalue weighted by Crippen LogP contribution is 2.32. The third-order valence-corrected chi connectivity index (χ3v) is 7.37. The molecule has 0 bridgehead atoms. The van der Waals surface area contributed by atoms with Crippen LogP contribution in [-0.2, 0) is 16.6 Å². The Hall–Kier alpha value is -2.94. The number of amides is 2. The Labute approximate surface area is 175 Å². The second-order valence-corrected chi connectivity index (χ2v) is 9.60. The average Bonchev–Trinajstić information content (AvgIpc) is 3.32. The molecule has 158 valence electrons. The molecule has 9 heteroatoms. The van der Waals surface area contributed by atoms with Crippen molar-refractivity contribution < 1.29 is 18.0 Å². The Morgan fingerprint density at radius 1 is 1.17 bits per heavy atom. The Morgan fingerprint density at radius 2 is 1.90 bits per heavy atom. The van der Waals surface area contributed by atoms with Crippen LogP contribution >= 0.6 is 0 Å². The number of pyridine rings is 1. The molecule has 1 saturated heterocycles. The van der Waals surface area contributed by atoms with Gasteiger partial charge in [0.2, 0.25) is 0 Å². The van der Waals surface area contributed by atoms with Crippen molar-refractivity contribution in [2.24, 2.45) is 0 Å². The summed E-state index contributed by atoms with van der Waals surface area (Å²) in [5.41, 5.74) is 1.14. The molecule has 8 nitrogen and oxygen atoms in total. The number of nitrogens with zero attached hydrogens (tertiary/aromatic N) is 3. The highest BCUT2D eigenvalue weighted by atomic mass is 32.2. The third kappa shape index (κ3) is 3.54. The average molecular weight is 429 g/mol. The largest absolute Gasteiger partial charge is 0.357 e. The molecule has 30 heavy (non-hydrogen) atoms. The summed E-state index contributed by atoms with van der Waals surface area (Å²) in [6, 6.07) is 7.52. The van der Waals surface area contributed by atoms with Gasteiger partial charge in [0, 0.05) is 37.4 Å². The van der Waals surface area contributed by atoms with Crippen LogP contribution in [0.5, 0.6) is 0 Å².